The van der Waals surface area contributed by atoms with E-state index in [4.69, 9.17) is 0 Å². The minimum Gasteiger partial charge on any atom is -0.296 e. The maximum Gasteiger partial charge on any atom is 0.212 e. The molecule has 1 aliphatic rings. The summed E-state index contributed by atoms with van der Waals surface area (Å²) in [6, 6.07) is 2.59. The minimum absolute atomic E-state index is 0.120. The number of halogens is 1. The fourth-order valence-electron chi connectivity index (χ4n) is 1.44. The molecular weight excluding hydrogens is 207 g/mol. The molecule has 6 heteroatoms. The number of hydrogen-bond donors (Lipinski definition) is 1. The van der Waals surface area contributed by atoms with Crippen molar-refractivity contribution in [3.63, 3.8) is 0 Å². The van der Waals surface area contributed by atoms with Crippen molar-refractivity contribution in [2.75, 3.05) is 12.3 Å². The van der Waals surface area contributed by atoms with E-state index >= 15 is 0 Å². The lowest BCUT2D eigenvalue weighted by atomic mass is 10.3. The average molecular weight is 216 g/mol. The van der Waals surface area contributed by atoms with Crippen molar-refractivity contribution >= 4 is 9.84 Å². The normalized spacial score (nSPS) is 25.1. The summed E-state index contributed by atoms with van der Waals surface area (Å²) in [5.41, 5.74) is 0.490. The van der Waals surface area contributed by atoms with Crippen molar-refractivity contribution in [2.45, 2.75) is 5.37 Å². The molecule has 1 aromatic rings. The van der Waals surface area contributed by atoms with Gasteiger partial charge in [-0.05, 0) is 6.07 Å². The number of nitrogens with zero attached hydrogens (tertiary/aromatic N) is 1. The Morgan fingerprint density at radius 1 is 1.50 bits per heavy atom. The van der Waals surface area contributed by atoms with E-state index in [1.54, 1.807) is 0 Å². The summed E-state index contributed by atoms with van der Waals surface area (Å²) in [7, 11) is -3.13. The molecule has 2 rings (SSSR count). The lowest BCUT2D eigenvalue weighted by Crippen LogP contribution is -2.18. The number of nitrogens with one attached hydrogen (secondary N) is 1. The molecule has 0 aliphatic carbocycles. The van der Waals surface area contributed by atoms with E-state index in [1.807, 2.05) is 0 Å². The van der Waals surface area contributed by atoms with Crippen LogP contribution in [-0.4, -0.2) is 25.7 Å². The van der Waals surface area contributed by atoms with Crippen LogP contribution in [0, 0.1) is 5.95 Å². The second-order valence-electron chi connectivity index (χ2n) is 3.12. The molecule has 1 saturated heterocycles. The number of rotatable bonds is 1. The predicted molar refractivity (Wildman–Crippen MR) is 48.7 cm³/mol. The lowest BCUT2D eigenvalue weighted by molar-refractivity contribution is 0.574. The van der Waals surface area contributed by atoms with Gasteiger partial charge in [-0.25, -0.2) is 13.4 Å². The van der Waals surface area contributed by atoms with Crippen molar-refractivity contribution in [1.82, 2.24) is 10.3 Å². The van der Waals surface area contributed by atoms with Gasteiger partial charge in [0.2, 0.25) is 5.95 Å². The Labute approximate surface area is 81.1 Å². The molecule has 1 aliphatic heterocycles. The van der Waals surface area contributed by atoms with Crippen LogP contribution >= 0.6 is 0 Å². The first-order valence-corrected chi connectivity index (χ1v) is 5.87. The van der Waals surface area contributed by atoms with Gasteiger partial charge in [0.1, 0.15) is 5.37 Å². The van der Waals surface area contributed by atoms with Crippen LogP contribution in [0.3, 0.4) is 0 Å². The van der Waals surface area contributed by atoms with E-state index in [0.29, 0.717) is 12.1 Å². The molecule has 14 heavy (non-hydrogen) atoms. The van der Waals surface area contributed by atoms with Crippen LogP contribution < -0.4 is 5.32 Å². The zero-order chi connectivity index (χ0) is 10.2. The van der Waals surface area contributed by atoms with Crippen molar-refractivity contribution in [1.29, 1.82) is 0 Å². The molecule has 0 spiro atoms. The molecule has 4 nitrogen and oxygen atoms in total. The average Bonchev–Trinajstić information content (AvgIpc) is 2.47. The van der Waals surface area contributed by atoms with Gasteiger partial charge in [-0.3, -0.25) is 5.32 Å². The maximum absolute atomic E-state index is 12.5. The molecule has 1 N–H and O–H groups in total. The Morgan fingerprint density at radius 2 is 2.29 bits per heavy atom. The smallest absolute Gasteiger partial charge is 0.212 e. The van der Waals surface area contributed by atoms with Crippen molar-refractivity contribution < 1.29 is 12.8 Å². The van der Waals surface area contributed by atoms with Crippen LogP contribution in [-0.2, 0) is 9.84 Å². The zero-order valence-corrected chi connectivity index (χ0v) is 8.09. The topological polar surface area (TPSA) is 59.1 Å². The summed E-state index contributed by atoms with van der Waals surface area (Å²) in [4.78, 5) is 3.42. The van der Waals surface area contributed by atoms with Crippen LogP contribution in [0.15, 0.2) is 18.3 Å². The van der Waals surface area contributed by atoms with Gasteiger partial charge in [-0.2, -0.15) is 4.39 Å². The Bertz CT molecular complexity index is 429. The summed E-state index contributed by atoms with van der Waals surface area (Å²) in [6.45, 7) is 0.435. The van der Waals surface area contributed by atoms with Gasteiger partial charge in [0, 0.05) is 18.3 Å². The molecule has 0 aromatic carbocycles. The van der Waals surface area contributed by atoms with Gasteiger partial charge >= 0.3 is 0 Å². The molecule has 0 amide bonds. The van der Waals surface area contributed by atoms with E-state index in [1.165, 1.54) is 12.3 Å². The van der Waals surface area contributed by atoms with Crippen molar-refractivity contribution in [2.24, 2.45) is 0 Å². The van der Waals surface area contributed by atoms with Gasteiger partial charge in [0.25, 0.3) is 0 Å². The first kappa shape index (κ1) is 9.54. The quantitative estimate of drug-likeness (QED) is 0.683. The van der Waals surface area contributed by atoms with E-state index in [0.717, 1.165) is 6.07 Å². The number of sulfone groups is 1. The van der Waals surface area contributed by atoms with Crippen LogP contribution in [0.25, 0.3) is 0 Å². The lowest BCUT2D eigenvalue weighted by Gasteiger charge is -2.08. The molecule has 1 unspecified atom stereocenters. The Morgan fingerprint density at radius 3 is 2.79 bits per heavy atom. The molecule has 76 valence electrons. The predicted octanol–water partition coefficient (Wildman–Crippen LogP) is 0.237. The zero-order valence-electron chi connectivity index (χ0n) is 7.27. The van der Waals surface area contributed by atoms with Crippen LogP contribution in [0.1, 0.15) is 10.9 Å². The Balaban J connectivity index is 2.36. The van der Waals surface area contributed by atoms with Gasteiger partial charge in [-0.1, -0.05) is 6.07 Å². The first-order chi connectivity index (χ1) is 6.59. The number of hydrogen-bond acceptors (Lipinski definition) is 4. The third-order valence-electron chi connectivity index (χ3n) is 2.13. The van der Waals surface area contributed by atoms with E-state index in [9.17, 15) is 12.8 Å². The van der Waals surface area contributed by atoms with Gasteiger partial charge < -0.3 is 0 Å². The highest BCUT2D eigenvalue weighted by atomic mass is 32.2. The molecule has 0 saturated carbocycles. The fraction of sp³-hybridized carbons (Fsp3) is 0.375. The summed E-state index contributed by atoms with van der Waals surface area (Å²) in [6.07, 6.45) is 1.25. The highest BCUT2D eigenvalue weighted by Gasteiger charge is 2.32. The number of pyridine rings is 1. The molecule has 1 aromatic heterocycles. The number of aromatic nitrogens is 1. The van der Waals surface area contributed by atoms with E-state index in [-0.39, 0.29) is 5.75 Å². The van der Waals surface area contributed by atoms with Crippen LogP contribution in [0.2, 0.25) is 0 Å². The molecule has 2 heterocycles. The molecule has 1 atom stereocenters. The third kappa shape index (κ3) is 1.62. The summed E-state index contributed by atoms with van der Waals surface area (Å²) in [5, 5.41) is 2.11. The summed E-state index contributed by atoms with van der Waals surface area (Å²) in [5.74, 6) is -0.487. The van der Waals surface area contributed by atoms with Gasteiger partial charge in [-0.15, -0.1) is 0 Å². The minimum atomic E-state index is -3.13. The second-order valence-corrected chi connectivity index (χ2v) is 5.32. The SMILES string of the molecule is O=S1(=O)CCNC1c1ccc(F)nc1. The monoisotopic (exact) mass is 216 g/mol. The molecule has 0 bridgehead atoms. The molecular formula is C8H9FN2O2S. The second kappa shape index (κ2) is 3.29. The van der Waals surface area contributed by atoms with E-state index in [2.05, 4.69) is 10.3 Å². The Hall–Kier alpha value is -1.01. The van der Waals surface area contributed by atoms with Crippen LogP contribution in [0.4, 0.5) is 4.39 Å². The fourth-order valence-corrected chi connectivity index (χ4v) is 3.01. The summed E-state index contributed by atoms with van der Waals surface area (Å²) >= 11 is 0. The van der Waals surface area contributed by atoms with Gasteiger partial charge in [0.15, 0.2) is 9.84 Å². The molecule has 1 fully saturated rings. The van der Waals surface area contributed by atoms with Crippen molar-refractivity contribution in [3.05, 3.63) is 29.8 Å². The van der Waals surface area contributed by atoms with Crippen LogP contribution in [0.5, 0.6) is 0 Å². The van der Waals surface area contributed by atoms with Crippen molar-refractivity contribution in [3.8, 4) is 0 Å². The Kier molecular flexibility index (Phi) is 2.24. The highest BCUT2D eigenvalue weighted by Crippen LogP contribution is 2.23. The highest BCUT2D eigenvalue weighted by molar-refractivity contribution is 7.91. The van der Waals surface area contributed by atoms with Gasteiger partial charge in [0.05, 0.1) is 5.75 Å². The maximum atomic E-state index is 12.5. The molecule has 0 radical (unpaired) electrons. The largest absolute Gasteiger partial charge is 0.296 e. The standard InChI is InChI=1S/C8H9FN2O2S/c9-7-2-1-6(5-11-7)8-10-3-4-14(8,12)13/h1-2,5,8,10H,3-4H2. The third-order valence-corrected chi connectivity index (χ3v) is 4.06. The van der Waals surface area contributed by atoms with E-state index < -0.39 is 21.2 Å². The first-order valence-electron chi connectivity index (χ1n) is 4.16. The summed E-state index contributed by atoms with van der Waals surface area (Å²) < 4.78 is 35.4.